The summed E-state index contributed by atoms with van der Waals surface area (Å²) in [6, 6.07) is 9.75. The van der Waals surface area contributed by atoms with Crippen molar-refractivity contribution >= 4 is 68.2 Å². The van der Waals surface area contributed by atoms with Gasteiger partial charge in [-0.1, -0.05) is 40.9 Å². The Balaban J connectivity index is 1.81. The summed E-state index contributed by atoms with van der Waals surface area (Å²) < 4.78 is 24.8. The number of sulfonamides is 1. The van der Waals surface area contributed by atoms with Gasteiger partial charge < -0.3 is 5.32 Å². The Bertz CT molecular complexity index is 937. The van der Waals surface area contributed by atoms with E-state index >= 15 is 0 Å². The summed E-state index contributed by atoms with van der Waals surface area (Å²) in [4.78, 5) is 12.2. The fourth-order valence-corrected chi connectivity index (χ4v) is 4.38. The summed E-state index contributed by atoms with van der Waals surface area (Å²) in [6.45, 7) is 0.468. The molecule has 0 aliphatic heterocycles. The predicted octanol–water partition coefficient (Wildman–Crippen LogP) is 4.68. The second kappa shape index (κ2) is 9.89. The number of amides is 1. The minimum atomic E-state index is -3.44. The second-order valence-electron chi connectivity index (χ2n) is 5.61. The Morgan fingerprint density at radius 2 is 1.81 bits per heavy atom. The number of rotatable bonds is 8. The smallest absolute Gasteiger partial charge is 0.251 e. The average Bonchev–Trinajstić information content (AvgIpc) is 2.56. The van der Waals surface area contributed by atoms with Crippen LogP contribution in [0.15, 0.2) is 36.4 Å². The van der Waals surface area contributed by atoms with Crippen molar-refractivity contribution in [3.8, 4) is 0 Å². The van der Waals surface area contributed by atoms with Crippen LogP contribution in [0.25, 0.3) is 0 Å². The SMILES string of the molecule is CS(=O)(=O)Nc1ccc(C(=O)NCCSCc2ccc(Cl)cc2Cl)cc1Cl. The zero-order valence-corrected chi connectivity index (χ0v) is 18.2. The van der Waals surface area contributed by atoms with E-state index in [1.807, 2.05) is 6.07 Å². The first-order valence-corrected chi connectivity index (χ1v) is 11.9. The van der Waals surface area contributed by atoms with E-state index in [2.05, 4.69) is 10.0 Å². The van der Waals surface area contributed by atoms with Crippen LogP contribution in [0.2, 0.25) is 15.1 Å². The summed E-state index contributed by atoms with van der Waals surface area (Å²) in [5.74, 6) is 1.13. The van der Waals surface area contributed by atoms with Crippen molar-refractivity contribution in [1.29, 1.82) is 0 Å². The minimum Gasteiger partial charge on any atom is -0.351 e. The van der Waals surface area contributed by atoms with Crippen molar-refractivity contribution in [3.63, 3.8) is 0 Å². The lowest BCUT2D eigenvalue weighted by Crippen LogP contribution is -2.25. The summed E-state index contributed by atoms with van der Waals surface area (Å²) >= 11 is 19.6. The van der Waals surface area contributed by atoms with E-state index in [0.717, 1.165) is 11.8 Å². The first-order valence-electron chi connectivity index (χ1n) is 7.73. The number of thioether (sulfide) groups is 1. The molecule has 0 aliphatic carbocycles. The minimum absolute atomic E-state index is 0.153. The van der Waals surface area contributed by atoms with Gasteiger partial charge in [0.2, 0.25) is 10.0 Å². The third-order valence-corrected chi connectivity index (χ3v) is 5.83. The number of carbonyl (C=O) groups excluding carboxylic acids is 1. The number of halogens is 3. The third kappa shape index (κ3) is 7.43. The van der Waals surface area contributed by atoms with Gasteiger partial charge >= 0.3 is 0 Å². The molecule has 1 amide bonds. The largest absolute Gasteiger partial charge is 0.351 e. The van der Waals surface area contributed by atoms with Crippen molar-refractivity contribution in [2.24, 2.45) is 0 Å². The molecule has 2 aromatic carbocycles. The van der Waals surface area contributed by atoms with Crippen molar-refractivity contribution in [2.75, 3.05) is 23.3 Å². The number of hydrogen-bond donors (Lipinski definition) is 2. The summed E-state index contributed by atoms with van der Waals surface area (Å²) in [7, 11) is -3.44. The molecule has 27 heavy (non-hydrogen) atoms. The molecule has 0 bridgehead atoms. The van der Waals surface area contributed by atoms with E-state index in [1.54, 1.807) is 23.9 Å². The van der Waals surface area contributed by atoms with Gasteiger partial charge in [-0.25, -0.2) is 8.42 Å². The van der Waals surface area contributed by atoms with Crippen LogP contribution < -0.4 is 10.0 Å². The van der Waals surface area contributed by atoms with E-state index < -0.39 is 10.0 Å². The molecule has 5 nitrogen and oxygen atoms in total. The van der Waals surface area contributed by atoms with Crippen molar-refractivity contribution in [3.05, 3.63) is 62.6 Å². The highest BCUT2D eigenvalue weighted by Gasteiger charge is 2.11. The van der Waals surface area contributed by atoms with Gasteiger partial charge in [0.15, 0.2) is 0 Å². The Kier molecular flexibility index (Phi) is 8.12. The first kappa shape index (κ1) is 22.2. The standard InChI is InChI=1S/C17H17Cl3N2O3S2/c1-27(24,25)22-16-5-3-11(8-15(16)20)17(23)21-6-7-26-10-12-2-4-13(18)9-14(12)19/h2-5,8-9,22H,6-7,10H2,1H3,(H,21,23). The van der Waals surface area contributed by atoms with Gasteiger partial charge in [0.05, 0.1) is 17.0 Å². The molecule has 146 valence electrons. The van der Waals surface area contributed by atoms with Gasteiger partial charge in [-0.05, 0) is 35.9 Å². The summed E-state index contributed by atoms with van der Waals surface area (Å²) in [6.07, 6.45) is 1.03. The Labute approximate surface area is 177 Å². The van der Waals surface area contributed by atoms with Crippen LogP contribution >= 0.6 is 46.6 Å². The highest BCUT2D eigenvalue weighted by atomic mass is 35.5. The fourth-order valence-electron chi connectivity index (χ4n) is 2.10. The van der Waals surface area contributed by atoms with Crippen LogP contribution in [0.5, 0.6) is 0 Å². The monoisotopic (exact) mass is 466 g/mol. The third-order valence-electron chi connectivity index (χ3n) is 3.33. The molecule has 0 radical (unpaired) electrons. The van der Waals surface area contributed by atoms with E-state index in [0.29, 0.717) is 33.7 Å². The lowest BCUT2D eigenvalue weighted by atomic mass is 10.2. The highest BCUT2D eigenvalue weighted by Crippen LogP contribution is 2.25. The van der Waals surface area contributed by atoms with Crippen LogP contribution in [0.3, 0.4) is 0 Å². The van der Waals surface area contributed by atoms with E-state index in [4.69, 9.17) is 34.8 Å². The van der Waals surface area contributed by atoms with E-state index in [-0.39, 0.29) is 16.6 Å². The molecule has 10 heteroatoms. The maximum atomic E-state index is 12.2. The normalized spacial score (nSPS) is 11.3. The maximum absolute atomic E-state index is 12.2. The Morgan fingerprint density at radius 3 is 2.44 bits per heavy atom. The second-order valence-corrected chi connectivity index (χ2v) is 9.72. The lowest BCUT2D eigenvalue weighted by Gasteiger charge is -2.09. The first-order chi connectivity index (χ1) is 12.7. The number of benzene rings is 2. The van der Waals surface area contributed by atoms with Gasteiger partial charge in [0.1, 0.15) is 0 Å². The molecular formula is C17H17Cl3N2O3S2. The van der Waals surface area contributed by atoms with Gasteiger partial charge in [0.25, 0.3) is 5.91 Å². The van der Waals surface area contributed by atoms with Gasteiger partial charge in [0, 0.05) is 33.7 Å². The molecule has 0 aromatic heterocycles. The average molecular weight is 468 g/mol. The zero-order valence-electron chi connectivity index (χ0n) is 14.3. The number of nitrogens with one attached hydrogen (secondary N) is 2. The van der Waals surface area contributed by atoms with Crippen LogP contribution in [0.1, 0.15) is 15.9 Å². The van der Waals surface area contributed by atoms with E-state index in [9.17, 15) is 13.2 Å². The van der Waals surface area contributed by atoms with Crippen LogP contribution in [-0.2, 0) is 15.8 Å². The van der Waals surface area contributed by atoms with Gasteiger partial charge in [-0.2, -0.15) is 11.8 Å². The summed E-state index contributed by atoms with van der Waals surface area (Å²) in [5.41, 5.74) is 1.56. The van der Waals surface area contributed by atoms with Crippen molar-refractivity contribution < 1.29 is 13.2 Å². The van der Waals surface area contributed by atoms with Crippen LogP contribution in [0, 0.1) is 0 Å². The van der Waals surface area contributed by atoms with Gasteiger partial charge in [-0.15, -0.1) is 0 Å². The number of anilines is 1. The number of hydrogen-bond acceptors (Lipinski definition) is 4. The molecule has 0 fully saturated rings. The molecule has 0 aliphatic rings. The van der Waals surface area contributed by atoms with Crippen LogP contribution in [0.4, 0.5) is 5.69 Å². The Morgan fingerprint density at radius 1 is 1.07 bits per heavy atom. The topological polar surface area (TPSA) is 75.3 Å². The molecule has 0 saturated heterocycles. The Hall–Kier alpha value is -1.12. The maximum Gasteiger partial charge on any atom is 0.251 e. The van der Waals surface area contributed by atoms with E-state index in [1.165, 1.54) is 18.2 Å². The zero-order chi connectivity index (χ0) is 20.0. The molecule has 2 aromatic rings. The molecule has 0 atom stereocenters. The van der Waals surface area contributed by atoms with Crippen molar-refractivity contribution in [2.45, 2.75) is 5.75 Å². The molecule has 0 heterocycles. The van der Waals surface area contributed by atoms with Crippen LogP contribution in [-0.4, -0.2) is 32.9 Å². The molecule has 0 unspecified atom stereocenters. The molecular weight excluding hydrogens is 451 g/mol. The molecule has 0 spiro atoms. The predicted molar refractivity (Wildman–Crippen MR) is 115 cm³/mol. The summed E-state index contributed by atoms with van der Waals surface area (Å²) in [5, 5.41) is 4.16. The lowest BCUT2D eigenvalue weighted by molar-refractivity contribution is 0.0956. The molecule has 0 saturated carbocycles. The molecule has 2 N–H and O–H groups in total. The van der Waals surface area contributed by atoms with Gasteiger partial charge in [-0.3, -0.25) is 9.52 Å². The fraction of sp³-hybridized carbons (Fsp3) is 0.235. The highest BCUT2D eigenvalue weighted by molar-refractivity contribution is 7.98. The number of carbonyl (C=O) groups is 1. The quantitative estimate of drug-likeness (QED) is 0.553. The van der Waals surface area contributed by atoms with Crippen molar-refractivity contribution in [1.82, 2.24) is 5.32 Å². The molecule has 2 rings (SSSR count).